The van der Waals surface area contributed by atoms with E-state index >= 15 is 0 Å². The molecule has 0 atom stereocenters. The highest BCUT2D eigenvalue weighted by Gasteiger charge is 2.35. The van der Waals surface area contributed by atoms with Crippen LogP contribution in [0.2, 0.25) is 0 Å². The maximum absolute atomic E-state index is 12.6. The molecule has 0 saturated carbocycles. The van der Waals surface area contributed by atoms with E-state index in [4.69, 9.17) is 4.74 Å². The minimum atomic E-state index is -4.58. The molecule has 37 heavy (non-hydrogen) atoms. The minimum Gasteiger partial charge on any atom is -0.489 e. The van der Waals surface area contributed by atoms with Gasteiger partial charge in [-0.05, 0) is 61.3 Å². The van der Waals surface area contributed by atoms with Crippen LogP contribution in [0.1, 0.15) is 35.6 Å². The number of nitrogens with one attached hydrogen (secondary N) is 2. The Morgan fingerprint density at radius 3 is 2.32 bits per heavy atom. The van der Waals surface area contributed by atoms with Crippen LogP contribution in [0, 0.1) is 5.92 Å². The number of halogens is 3. The number of rotatable bonds is 8. The second-order valence-corrected chi connectivity index (χ2v) is 8.30. The molecule has 2 aromatic rings. The number of ether oxygens (including phenoxy) is 1. The van der Waals surface area contributed by atoms with Crippen LogP contribution in [-0.4, -0.2) is 49.2 Å². The van der Waals surface area contributed by atoms with Gasteiger partial charge in [-0.25, -0.2) is 4.68 Å². The Morgan fingerprint density at radius 2 is 1.78 bits per heavy atom. The van der Waals surface area contributed by atoms with E-state index in [-0.39, 0.29) is 5.69 Å². The van der Waals surface area contributed by atoms with Crippen molar-refractivity contribution in [1.82, 2.24) is 20.4 Å². The van der Waals surface area contributed by atoms with Crippen LogP contribution in [-0.2, 0) is 17.5 Å². The van der Waals surface area contributed by atoms with Crippen LogP contribution < -0.4 is 10.6 Å². The molecule has 6 nitrogen and oxygen atoms in total. The number of hydrogen-bond donors (Lipinski definition) is 2. The van der Waals surface area contributed by atoms with Crippen LogP contribution in [0.15, 0.2) is 71.7 Å². The first-order valence-corrected chi connectivity index (χ1v) is 11.9. The zero-order valence-electron chi connectivity index (χ0n) is 21.6. The fourth-order valence-electron chi connectivity index (χ4n) is 2.80. The quantitative estimate of drug-likeness (QED) is 0.267. The van der Waals surface area contributed by atoms with Gasteiger partial charge in [0.05, 0.1) is 12.8 Å². The molecule has 200 valence electrons. The Labute approximate surface area is 221 Å². The number of allylic oxidation sites excluding steroid dienone is 2. The molecule has 0 radical (unpaired) electrons. The highest BCUT2D eigenvalue weighted by molar-refractivity contribution is 7.79. The summed E-state index contributed by atoms with van der Waals surface area (Å²) in [5.74, 6) is 1.34. The molecular formula is C27H33F3N4O2S. The van der Waals surface area contributed by atoms with Crippen molar-refractivity contribution in [3.63, 3.8) is 0 Å². The number of aromatic nitrogens is 2. The largest absolute Gasteiger partial charge is 0.489 e. The van der Waals surface area contributed by atoms with E-state index in [2.05, 4.69) is 47.5 Å². The van der Waals surface area contributed by atoms with Crippen LogP contribution >= 0.6 is 12.2 Å². The number of benzene rings is 1. The van der Waals surface area contributed by atoms with Gasteiger partial charge in [-0.15, -0.1) is 0 Å². The van der Waals surface area contributed by atoms with Gasteiger partial charge >= 0.3 is 6.18 Å². The standard InChI is InChI=1S/C13H12F3N3O.C10H13NO.C4H8S/c1-17-7-9-3-2-4-10(5-9)19-11(8-20)6-12(18-19)13(14,15)16;1-11-8-9-5-3-4-6-10(7-9)12-2;1-4(2)3-5/h2-6,8,17H,7H2,1H3;3-6,11H,8H2,1-2H3;3-4H,1-2H3. The number of alkyl halides is 3. The van der Waals surface area contributed by atoms with E-state index in [1.807, 2.05) is 37.4 Å². The summed E-state index contributed by atoms with van der Waals surface area (Å²) in [6, 6.07) is 7.54. The Kier molecular flexibility index (Phi) is 14.1. The van der Waals surface area contributed by atoms with Gasteiger partial charge in [0.25, 0.3) is 0 Å². The molecule has 0 unspecified atom stereocenters. The third-order valence-corrected chi connectivity index (χ3v) is 5.03. The van der Waals surface area contributed by atoms with Crippen LogP contribution in [0.5, 0.6) is 0 Å². The first-order valence-electron chi connectivity index (χ1n) is 11.4. The fraction of sp³-hybridized carbons (Fsp3) is 0.333. The Balaban J connectivity index is 0.000000340. The Bertz CT molecular complexity index is 1140. The molecule has 1 aliphatic carbocycles. The predicted octanol–water partition coefficient (Wildman–Crippen LogP) is 5.45. The highest BCUT2D eigenvalue weighted by atomic mass is 32.1. The van der Waals surface area contributed by atoms with Gasteiger partial charge < -0.3 is 15.4 Å². The highest BCUT2D eigenvalue weighted by Crippen LogP contribution is 2.29. The van der Waals surface area contributed by atoms with Crippen LogP contribution in [0.3, 0.4) is 0 Å². The van der Waals surface area contributed by atoms with Crippen molar-refractivity contribution in [2.45, 2.75) is 26.6 Å². The number of thiocarbonyl (C=S) groups is 1. The normalized spacial score (nSPS) is 12.4. The van der Waals surface area contributed by atoms with Crippen molar-refractivity contribution >= 4 is 23.9 Å². The zero-order chi connectivity index (χ0) is 27.8. The molecule has 0 spiro atoms. The number of carbonyl (C=O) groups is 1. The van der Waals surface area contributed by atoms with Crippen molar-refractivity contribution in [2.75, 3.05) is 27.7 Å². The molecule has 0 saturated heterocycles. The van der Waals surface area contributed by atoms with Crippen LogP contribution in [0.25, 0.3) is 5.69 Å². The number of likely N-dealkylation sites (N-methyl/N-ethyl adjacent to an activating group) is 1. The first-order chi connectivity index (χ1) is 17.6. The number of carbonyl (C=O) groups excluding carboxylic acids is 1. The Morgan fingerprint density at radius 1 is 1.14 bits per heavy atom. The summed E-state index contributed by atoms with van der Waals surface area (Å²) in [7, 11) is 5.32. The third kappa shape index (κ3) is 11.5. The maximum atomic E-state index is 12.6. The maximum Gasteiger partial charge on any atom is 0.435 e. The Hall–Kier alpha value is -3.30. The lowest BCUT2D eigenvalue weighted by atomic mass is 10.2. The number of nitrogens with zero attached hydrogens (tertiary/aromatic N) is 2. The van der Waals surface area contributed by atoms with Crippen molar-refractivity contribution in [2.24, 2.45) is 5.92 Å². The van der Waals surface area contributed by atoms with E-state index in [1.54, 1.807) is 37.7 Å². The monoisotopic (exact) mass is 534 g/mol. The topological polar surface area (TPSA) is 68.2 Å². The van der Waals surface area contributed by atoms with Crippen molar-refractivity contribution in [3.05, 3.63) is 88.7 Å². The average Bonchev–Trinajstić information content (AvgIpc) is 3.20. The lowest BCUT2D eigenvalue weighted by molar-refractivity contribution is -0.141. The molecule has 2 N–H and O–H groups in total. The minimum absolute atomic E-state index is 0.140. The molecule has 1 aromatic heterocycles. The second kappa shape index (κ2) is 16.4. The van der Waals surface area contributed by atoms with Gasteiger partial charge in [-0.3, -0.25) is 4.79 Å². The van der Waals surface area contributed by atoms with E-state index < -0.39 is 11.9 Å². The van der Waals surface area contributed by atoms with Gasteiger partial charge in [-0.1, -0.05) is 56.1 Å². The molecule has 1 aliphatic rings. The second-order valence-electron chi connectivity index (χ2n) is 8.03. The molecule has 1 aromatic carbocycles. The van der Waals surface area contributed by atoms with Gasteiger partial charge in [0, 0.05) is 18.7 Å². The summed E-state index contributed by atoms with van der Waals surface area (Å²) in [6.45, 7) is 5.50. The summed E-state index contributed by atoms with van der Waals surface area (Å²) in [5, 5.41) is 11.2. The van der Waals surface area contributed by atoms with E-state index in [9.17, 15) is 18.0 Å². The average molecular weight is 535 g/mol. The SMILES string of the molecule is CC(C)C=S.CNCC1=C=C(OC)C=CC=C1.CNCc1cccc(-n2nc(C(F)(F)F)cc2C=O)c1. The molecule has 10 heteroatoms. The summed E-state index contributed by atoms with van der Waals surface area (Å²) >= 11 is 4.55. The number of methoxy groups -OCH3 is 1. The van der Waals surface area contributed by atoms with E-state index in [0.717, 1.165) is 34.2 Å². The zero-order valence-corrected chi connectivity index (χ0v) is 22.4. The number of hydrogen-bond acceptors (Lipinski definition) is 6. The van der Waals surface area contributed by atoms with Gasteiger partial charge in [0.2, 0.25) is 0 Å². The molecule has 0 amide bonds. The van der Waals surface area contributed by atoms with Crippen LogP contribution in [0.4, 0.5) is 13.2 Å². The first kappa shape index (κ1) is 31.7. The van der Waals surface area contributed by atoms with Crippen molar-refractivity contribution in [1.29, 1.82) is 0 Å². The van der Waals surface area contributed by atoms with Gasteiger partial charge in [0.15, 0.2) is 17.7 Å². The smallest absolute Gasteiger partial charge is 0.435 e. The molecule has 0 aliphatic heterocycles. The molecule has 3 rings (SSSR count). The molecule has 0 bridgehead atoms. The predicted molar refractivity (Wildman–Crippen MR) is 145 cm³/mol. The molecular weight excluding hydrogens is 501 g/mol. The lowest BCUT2D eigenvalue weighted by Crippen LogP contribution is -2.09. The van der Waals surface area contributed by atoms with Gasteiger partial charge in [0.1, 0.15) is 5.69 Å². The summed E-state index contributed by atoms with van der Waals surface area (Å²) in [5.41, 5.74) is 4.31. The lowest BCUT2D eigenvalue weighted by Gasteiger charge is -2.07. The van der Waals surface area contributed by atoms with Crippen molar-refractivity contribution in [3.8, 4) is 5.69 Å². The van der Waals surface area contributed by atoms with Gasteiger partial charge in [-0.2, -0.15) is 18.3 Å². The summed E-state index contributed by atoms with van der Waals surface area (Å²) in [4.78, 5) is 10.9. The molecule has 1 heterocycles. The number of aldehydes is 1. The summed E-state index contributed by atoms with van der Waals surface area (Å²) in [6.07, 6.45) is 3.59. The van der Waals surface area contributed by atoms with E-state index in [1.165, 1.54) is 0 Å². The van der Waals surface area contributed by atoms with Crippen molar-refractivity contribution < 1.29 is 22.7 Å². The fourth-order valence-corrected chi connectivity index (χ4v) is 2.80. The van der Waals surface area contributed by atoms with E-state index in [0.29, 0.717) is 24.4 Å². The molecule has 0 fully saturated rings. The third-order valence-electron chi connectivity index (χ3n) is 4.48. The summed E-state index contributed by atoms with van der Waals surface area (Å²) < 4.78 is 44.0.